The van der Waals surface area contributed by atoms with Crippen LogP contribution in [0.5, 0.6) is 0 Å². The molecule has 1 amide bonds. The first-order valence-corrected chi connectivity index (χ1v) is 9.13. The highest BCUT2D eigenvalue weighted by Crippen LogP contribution is 2.41. The van der Waals surface area contributed by atoms with Crippen molar-refractivity contribution in [1.82, 2.24) is 4.98 Å². The summed E-state index contributed by atoms with van der Waals surface area (Å²) in [5.41, 5.74) is 4.66. The van der Waals surface area contributed by atoms with E-state index in [0.29, 0.717) is 27.7 Å². The average molecular weight is 346 g/mol. The molecule has 4 nitrogen and oxygen atoms in total. The summed E-state index contributed by atoms with van der Waals surface area (Å²) in [6.07, 6.45) is 2.37. The molecule has 2 aliphatic carbocycles. The number of thiazole rings is 1. The molecule has 0 saturated heterocycles. The molecule has 3 aromatic rings. The highest BCUT2D eigenvalue weighted by molar-refractivity contribution is 7.14. The molecule has 1 N–H and O–H groups in total. The molecular weight excluding hydrogens is 332 g/mol. The van der Waals surface area contributed by atoms with E-state index >= 15 is 0 Å². The summed E-state index contributed by atoms with van der Waals surface area (Å²) in [6.45, 7) is 0. The summed E-state index contributed by atoms with van der Waals surface area (Å²) in [6, 6.07) is 12.8. The van der Waals surface area contributed by atoms with Gasteiger partial charge in [-0.15, -0.1) is 11.3 Å². The minimum atomic E-state index is -0.233. The third-order valence-corrected chi connectivity index (χ3v) is 5.50. The fourth-order valence-electron chi connectivity index (χ4n) is 3.25. The summed E-state index contributed by atoms with van der Waals surface area (Å²) >= 11 is 1.45. The van der Waals surface area contributed by atoms with Crippen molar-refractivity contribution >= 4 is 28.2 Å². The van der Waals surface area contributed by atoms with E-state index in [1.165, 1.54) is 24.2 Å². The van der Waals surface area contributed by atoms with E-state index in [9.17, 15) is 9.59 Å². The molecular formula is C20H14N2O2S. The Bertz CT molecular complexity index is 1030. The summed E-state index contributed by atoms with van der Waals surface area (Å²) < 4.78 is 0. The zero-order valence-corrected chi connectivity index (χ0v) is 14.1. The zero-order chi connectivity index (χ0) is 17.0. The van der Waals surface area contributed by atoms with Crippen LogP contribution in [-0.4, -0.2) is 16.7 Å². The van der Waals surface area contributed by atoms with Gasteiger partial charge in [0.05, 0.1) is 5.69 Å². The smallest absolute Gasteiger partial charge is 0.257 e. The molecule has 0 bridgehead atoms. The Hall–Kier alpha value is -2.79. The summed E-state index contributed by atoms with van der Waals surface area (Å²) in [4.78, 5) is 29.6. The standard InChI is InChI=1S/C20H14N2O2S/c23-18-15-4-2-1-3-13(15)14-8-7-12(9-16(14)18)19(24)22-20-21-17(10-25-20)11-5-6-11/h1-4,7-11H,5-6H2,(H,21,22,24). The molecule has 25 heavy (non-hydrogen) atoms. The number of nitrogens with one attached hydrogen (secondary N) is 1. The monoisotopic (exact) mass is 346 g/mol. The minimum Gasteiger partial charge on any atom is -0.298 e. The molecule has 2 aromatic carbocycles. The fourth-order valence-corrected chi connectivity index (χ4v) is 4.04. The molecule has 5 rings (SSSR count). The van der Waals surface area contributed by atoms with Gasteiger partial charge >= 0.3 is 0 Å². The van der Waals surface area contributed by atoms with Crippen molar-refractivity contribution in [3.63, 3.8) is 0 Å². The van der Waals surface area contributed by atoms with Gasteiger partial charge < -0.3 is 0 Å². The molecule has 0 spiro atoms. The Labute approximate surface area is 148 Å². The van der Waals surface area contributed by atoms with Crippen LogP contribution in [0.1, 0.15) is 50.7 Å². The second-order valence-corrected chi connectivity index (χ2v) is 7.30. The van der Waals surface area contributed by atoms with Gasteiger partial charge in [0.25, 0.3) is 5.91 Å². The second kappa shape index (κ2) is 5.36. The quantitative estimate of drug-likeness (QED) is 0.595. The van der Waals surface area contributed by atoms with Gasteiger partial charge in [-0.3, -0.25) is 14.9 Å². The number of aromatic nitrogens is 1. The number of ketones is 1. The van der Waals surface area contributed by atoms with Crippen LogP contribution in [-0.2, 0) is 0 Å². The van der Waals surface area contributed by atoms with E-state index in [1.54, 1.807) is 12.1 Å². The number of hydrogen-bond donors (Lipinski definition) is 1. The number of benzene rings is 2. The summed E-state index contributed by atoms with van der Waals surface area (Å²) in [5, 5.41) is 5.47. The number of nitrogens with zero attached hydrogens (tertiary/aromatic N) is 1. The molecule has 1 aromatic heterocycles. The van der Waals surface area contributed by atoms with Crippen molar-refractivity contribution in [2.24, 2.45) is 0 Å². The van der Waals surface area contributed by atoms with Crippen LogP contribution in [0.15, 0.2) is 47.8 Å². The number of amides is 1. The topological polar surface area (TPSA) is 59.1 Å². The van der Waals surface area contributed by atoms with Gasteiger partial charge in [-0.1, -0.05) is 30.3 Å². The number of anilines is 1. The molecule has 5 heteroatoms. The molecule has 122 valence electrons. The van der Waals surface area contributed by atoms with Crippen LogP contribution in [0.3, 0.4) is 0 Å². The largest absolute Gasteiger partial charge is 0.298 e. The lowest BCUT2D eigenvalue weighted by atomic mass is 10.0. The molecule has 2 aliphatic rings. The Morgan fingerprint density at radius 2 is 1.80 bits per heavy atom. The van der Waals surface area contributed by atoms with Crippen LogP contribution in [0.2, 0.25) is 0 Å². The zero-order valence-electron chi connectivity index (χ0n) is 13.3. The third kappa shape index (κ3) is 2.39. The maximum Gasteiger partial charge on any atom is 0.257 e. The van der Waals surface area contributed by atoms with E-state index < -0.39 is 0 Å². The van der Waals surface area contributed by atoms with E-state index in [-0.39, 0.29) is 11.7 Å². The van der Waals surface area contributed by atoms with Crippen LogP contribution in [0, 0.1) is 0 Å². The summed E-state index contributed by atoms with van der Waals surface area (Å²) in [7, 11) is 0. The molecule has 0 aliphatic heterocycles. The van der Waals surface area contributed by atoms with E-state index in [2.05, 4.69) is 10.3 Å². The van der Waals surface area contributed by atoms with Crippen molar-refractivity contribution in [2.75, 3.05) is 5.32 Å². The SMILES string of the molecule is O=C(Nc1nc(C2CC2)cs1)c1ccc2c(c1)C(=O)c1ccccc1-2. The third-order valence-electron chi connectivity index (χ3n) is 4.73. The van der Waals surface area contributed by atoms with E-state index in [1.807, 2.05) is 35.7 Å². The Balaban J connectivity index is 1.43. The molecule has 0 radical (unpaired) electrons. The van der Waals surface area contributed by atoms with Gasteiger partial charge in [-0.2, -0.15) is 0 Å². The van der Waals surface area contributed by atoms with Crippen LogP contribution < -0.4 is 5.32 Å². The lowest BCUT2D eigenvalue weighted by molar-refractivity contribution is 0.102. The highest BCUT2D eigenvalue weighted by atomic mass is 32.1. The lowest BCUT2D eigenvalue weighted by Gasteiger charge is -2.04. The van der Waals surface area contributed by atoms with Crippen molar-refractivity contribution in [2.45, 2.75) is 18.8 Å². The molecule has 0 atom stereocenters. The van der Waals surface area contributed by atoms with E-state index in [0.717, 1.165) is 16.8 Å². The van der Waals surface area contributed by atoms with Gasteiger partial charge in [0, 0.05) is 28.0 Å². The summed E-state index contributed by atoms with van der Waals surface area (Å²) in [5.74, 6) is 0.312. The number of carbonyl (C=O) groups is 2. The van der Waals surface area contributed by atoms with Gasteiger partial charge in [0.2, 0.25) is 0 Å². The number of carbonyl (C=O) groups excluding carboxylic acids is 2. The Kier molecular flexibility index (Phi) is 3.12. The van der Waals surface area contributed by atoms with Crippen molar-refractivity contribution in [3.8, 4) is 11.1 Å². The number of hydrogen-bond acceptors (Lipinski definition) is 4. The normalized spacial score (nSPS) is 15.0. The first kappa shape index (κ1) is 14.5. The van der Waals surface area contributed by atoms with Gasteiger partial charge in [-0.05, 0) is 36.1 Å². The predicted octanol–water partition coefficient (Wildman–Crippen LogP) is 4.48. The predicted molar refractivity (Wildman–Crippen MR) is 97.4 cm³/mol. The molecule has 1 fully saturated rings. The average Bonchev–Trinajstić information content (AvgIpc) is 3.33. The van der Waals surface area contributed by atoms with Gasteiger partial charge in [0.1, 0.15) is 0 Å². The highest BCUT2D eigenvalue weighted by Gasteiger charge is 2.28. The van der Waals surface area contributed by atoms with Crippen LogP contribution >= 0.6 is 11.3 Å². The first-order valence-electron chi connectivity index (χ1n) is 8.25. The molecule has 1 saturated carbocycles. The molecule has 1 heterocycles. The lowest BCUT2D eigenvalue weighted by Crippen LogP contribution is -2.12. The van der Waals surface area contributed by atoms with Crippen LogP contribution in [0.25, 0.3) is 11.1 Å². The van der Waals surface area contributed by atoms with E-state index in [4.69, 9.17) is 0 Å². The minimum absolute atomic E-state index is 0.0227. The van der Waals surface area contributed by atoms with Crippen molar-refractivity contribution < 1.29 is 9.59 Å². The van der Waals surface area contributed by atoms with Gasteiger partial charge in [-0.25, -0.2) is 4.98 Å². The van der Waals surface area contributed by atoms with Crippen molar-refractivity contribution in [1.29, 1.82) is 0 Å². The Morgan fingerprint density at radius 1 is 1.04 bits per heavy atom. The van der Waals surface area contributed by atoms with Gasteiger partial charge in [0.15, 0.2) is 10.9 Å². The maximum absolute atomic E-state index is 12.6. The molecule has 0 unspecified atom stereocenters. The fraction of sp³-hybridized carbons (Fsp3) is 0.150. The first-order chi connectivity index (χ1) is 12.2. The second-order valence-electron chi connectivity index (χ2n) is 6.44. The number of fused-ring (bicyclic) bond motifs is 3. The Morgan fingerprint density at radius 3 is 2.60 bits per heavy atom. The number of rotatable bonds is 3. The van der Waals surface area contributed by atoms with Crippen molar-refractivity contribution in [3.05, 3.63) is 70.2 Å². The van der Waals surface area contributed by atoms with Crippen LogP contribution in [0.4, 0.5) is 5.13 Å². The maximum atomic E-state index is 12.6.